The summed E-state index contributed by atoms with van der Waals surface area (Å²) in [5.74, 6) is -2.12. The van der Waals surface area contributed by atoms with Crippen LogP contribution in [0.15, 0.2) is 0 Å². The fourth-order valence-electron chi connectivity index (χ4n) is 1.40. The van der Waals surface area contributed by atoms with Crippen molar-refractivity contribution >= 4 is 17.9 Å². The third kappa shape index (κ3) is 3.45. The van der Waals surface area contributed by atoms with Gasteiger partial charge in [0.05, 0.1) is 5.92 Å². The van der Waals surface area contributed by atoms with E-state index < -0.39 is 36.0 Å². The highest BCUT2D eigenvalue weighted by Crippen LogP contribution is 2.30. The lowest BCUT2D eigenvalue weighted by molar-refractivity contribution is -0.170. The van der Waals surface area contributed by atoms with Crippen LogP contribution in [0.4, 0.5) is 0 Å². The molecule has 0 bridgehead atoms. The van der Waals surface area contributed by atoms with Crippen molar-refractivity contribution in [3.8, 4) is 0 Å². The monoisotopic (exact) mass is 258 g/mol. The second-order valence-electron chi connectivity index (χ2n) is 5.23. The molecule has 1 atom stereocenters. The van der Waals surface area contributed by atoms with E-state index in [9.17, 15) is 14.4 Å². The normalized spacial score (nSPS) is 21.6. The van der Waals surface area contributed by atoms with E-state index in [4.69, 9.17) is 14.2 Å². The summed E-state index contributed by atoms with van der Waals surface area (Å²) in [5.41, 5.74) is -0.561. The average molecular weight is 258 g/mol. The van der Waals surface area contributed by atoms with Gasteiger partial charge in [0.25, 0.3) is 0 Å². The van der Waals surface area contributed by atoms with E-state index in [1.54, 1.807) is 27.7 Å². The quantitative estimate of drug-likeness (QED) is 0.545. The van der Waals surface area contributed by atoms with E-state index in [2.05, 4.69) is 0 Å². The second-order valence-corrected chi connectivity index (χ2v) is 5.23. The highest BCUT2D eigenvalue weighted by molar-refractivity contribution is 5.83. The third-order valence-corrected chi connectivity index (χ3v) is 2.56. The predicted octanol–water partition coefficient (Wildman–Crippen LogP) is 0.680. The Balaban J connectivity index is 2.45. The summed E-state index contributed by atoms with van der Waals surface area (Å²) in [7, 11) is 0. The van der Waals surface area contributed by atoms with Crippen LogP contribution in [0.2, 0.25) is 0 Å². The van der Waals surface area contributed by atoms with Crippen LogP contribution in [-0.4, -0.2) is 37.2 Å². The lowest BCUT2D eigenvalue weighted by Gasteiger charge is -2.21. The molecule has 0 aromatic heterocycles. The first-order chi connectivity index (χ1) is 8.24. The Morgan fingerprint density at radius 3 is 2.50 bits per heavy atom. The summed E-state index contributed by atoms with van der Waals surface area (Å²) >= 11 is 0. The van der Waals surface area contributed by atoms with Crippen LogP contribution in [0.5, 0.6) is 0 Å². The highest BCUT2D eigenvalue weighted by atomic mass is 16.6. The van der Waals surface area contributed by atoms with Crippen molar-refractivity contribution in [1.29, 1.82) is 0 Å². The van der Waals surface area contributed by atoms with E-state index in [1.807, 2.05) is 0 Å². The summed E-state index contributed by atoms with van der Waals surface area (Å²) in [5, 5.41) is 0. The van der Waals surface area contributed by atoms with E-state index >= 15 is 0 Å². The van der Waals surface area contributed by atoms with Crippen LogP contribution >= 0.6 is 0 Å². The van der Waals surface area contributed by atoms with Crippen molar-refractivity contribution in [3.63, 3.8) is 0 Å². The van der Waals surface area contributed by atoms with E-state index in [-0.39, 0.29) is 12.5 Å². The molecule has 0 radical (unpaired) electrons. The van der Waals surface area contributed by atoms with Gasteiger partial charge in [-0.3, -0.25) is 4.79 Å². The van der Waals surface area contributed by atoms with Gasteiger partial charge in [-0.25, -0.2) is 9.59 Å². The third-order valence-electron chi connectivity index (χ3n) is 2.56. The Morgan fingerprint density at radius 1 is 1.44 bits per heavy atom. The van der Waals surface area contributed by atoms with Crippen LogP contribution < -0.4 is 0 Å². The molecule has 0 N–H and O–H groups in total. The minimum atomic E-state index is -0.942. The molecule has 1 aliphatic rings. The summed E-state index contributed by atoms with van der Waals surface area (Å²) in [6, 6.07) is 0. The molecule has 1 unspecified atom stereocenters. The largest absolute Gasteiger partial charge is 0.462 e. The number of cyclic esters (lactones) is 1. The number of hydrogen-bond donors (Lipinski definition) is 0. The maximum atomic E-state index is 11.5. The number of rotatable bonds is 4. The predicted molar refractivity (Wildman–Crippen MR) is 60.4 cm³/mol. The number of hydrogen-bond acceptors (Lipinski definition) is 6. The van der Waals surface area contributed by atoms with Gasteiger partial charge in [-0.1, -0.05) is 27.7 Å². The van der Waals surface area contributed by atoms with Crippen molar-refractivity contribution in [3.05, 3.63) is 0 Å². The standard InChI is InChI=1S/C12H18O6/c1-7(2)10(14)16-5-8(13)18-9-11(15)17-6-12(9,3)4/h7,9H,5-6H2,1-4H3. The molecular formula is C12H18O6. The first-order valence-electron chi connectivity index (χ1n) is 5.77. The summed E-state index contributed by atoms with van der Waals surface area (Å²) in [4.78, 5) is 34.0. The van der Waals surface area contributed by atoms with Crippen LogP contribution in [0.1, 0.15) is 27.7 Å². The van der Waals surface area contributed by atoms with Gasteiger partial charge >= 0.3 is 17.9 Å². The topological polar surface area (TPSA) is 78.9 Å². The first-order valence-corrected chi connectivity index (χ1v) is 5.77. The fourth-order valence-corrected chi connectivity index (χ4v) is 1.40. The molecule has 102 valence electrons. The first kappa shape index (κ1) is 14.5. The molecule has 0 spiro atoms. The zero-order valence-electron chi connectivity index (χ0n) is 11.0. The Bertz CT molecular complexity index is 358. The molecule has 1 heterocycles. The van der Waals surface area contributed by atoms with Gasteiger partial charge in [0, 0.05) is 5.41 Å². The van der Waals surface area contributed by atoms with Gasteiger partial charge in [0.2, 0.25) is 6.10 Å². The van der Waals surface area contributed by atoms with Crippen LogP contribution in [0.25, 0.3) is 0 Å². The minimum absolute atomic E-state index is 0.204. The van der Waals surface area contributed by atoms with E-state index in [1.165, 1.54) is 0 Å². The van der Waals surface area contributed by atoms with Gasteiger partial charge in [-0.05, 0) is 0 Å². The van der Waals surface area contributed by atoms with Gasteiger partial charge < -0.3 is 14.2 Å². The summed E-state index contributed by atoms with van der Waals surface area (Å²) in [6.45, 7) is 6.55. The van der Waals surface area contributed by atoms with Gasteiger partial charge in [0.1, 0.15) is 6.61 Å². The zero-order valence-corrected chi connectivity index (χ0v) is 11.0. The second kappa shape index (κ2) is 5.37. The van der Waals surface area contributed by atoms with Crippen molar-refractivity contribution in [2.45, 2.75) is 33.8 Å². The number of carbonyl (C=O) groups is 3. The Labute approximate surface area is 106 Å². The molecule has 1 saturated heterocycles. The maximum absolute atomic E-state index is 11.5. The average Bonchev–Trinajstić information content (AvgIpc) is 2.52. The molecule has 0 aliphatic carbocycles. The molecule has 1 rings (SSSR count). The smallest absolute Gasteiger partial charge is 0.348 e. The highest BCUT2D eigenvalue weighted by Gasteiger charge is 2.46. The van der Waals surface area contributed by atoms with Crippen LogP contribution in [0, 0.1) is 11.3 Å². The summed E-state index contributed by atoms with van der Waals surface area (Å²) < 4.78 is 14.5. The van der Waals surface area contributed by atoms with Crippen molar-refractivity contribution in [2.24, 2.45) is 11.3 Å². The van der Waals surface area contributed by atoms with E-state index in [0.717, 1.165) is 0 Å². The van der Waals surface area contributed by atoms with Crippen molar-refractivity contribution in [1.82, 2.24) is 0 Å². The van der Waals surface area contributed by atoms with Crippen LogP contribution in [0.3, 0.4) is 0 Å². The molecule has 18 heavy (non-hydrogen) atoms. The molecule has 0 amide bonds. The SMILES string of the molecule is CC(C)C(=O)OCC(=O)OC1C(=O)OCC1(C)C. The molecular weight excluding hydrogens is 240 g/mol. The maximum Gasteiger partial charge on any atom is 0.348 e. The Morgan fingerprint density at radius 2 is 2.06 bits per heavy atom. The lowest BCUT2D eigenvalue weighted by Crippen LogP contribution is -2.36. The van der Waals surface area contributed by atoms with Gasteiger partial charge in [-0.2, -0.15) is 0 Å². The molecule has 0 aromatic carbocycles. The molecule has 6 heteroatoms. The number of esters is 3. The molecule has 0 aromatic rings. The molecule has 1 aliphatic heterocycles. The number of ether oxygens (including phenoxy) is 3. The van der Waals surface area contributed by atoms with Crippen molar-refractivity contribution in [2.75, 3.05) is 13.2 Å². The van der Waals surface area contributed by atoms with Gasteiger partial charge in [-0.15, -0.1) is 0 Å². The van der Waals surface area contributed by atoms with Crippen molar-refractivity contribution < 1.29 is 28.6 Å². The van der Waals surface area contributed by atoms with Crippen LogP contribution in [-0.2, 0) is 28.6 Å². The van der Waals surface area contributed by atoms with E-state index in [0.29, 0.717) is 0 Å². The fraction of sp³-hybridized carbons (Fsp3) is 0.750. The molecule has 6 nitrogen and oxygen atoms in total. The van der Waals surface area contributed by atoms with Gasteiger partial charge in [0.15, 0.2) is 6.61 Å². The molecule has 1 fully saturated rings. The minimum Gasteiger partial charge on any atom is -0.462 e. The summed E-state index contributed by atoms with van der Waals surface area (Å²) in [6.07, 6.45) is -0.942. The Hall–Kier alpha value is -1.59. The molecule has 0 saturated carbocycles. The Kier molecular flexibility index (Phi) is 4.32. The zero-order chi connectivity index (χ0) is 13.9. The lowest BCUT2D eigenvalue weighted by atomic mass is 9.90. The number of carbonyl (C=O) groups excluding carboxylic acids is 3.